The molecule has 1 aromatic carbocycles. The molecule has 1 aromatic heterocycles. The maximum absolute atomic E-state index is 12.4. The van der Waals surface area contributed by atoms with Crippen molar-refractivity contribution in [1.29, 1.82) is 0 Å². The maximum Gasteiger partial charge on any atom is 0.273 e. The predicted octanol–water partition coefficient (Wildman–Crippen LogP) is 2.00. The van der Waals surface area contributed by atoms with E-state index in [0.29, 0.717) is 18.8 Å². The van der Waals surface area contributed by atoms with Crippen LogP contribution in [0.4, 0.5) is 11.4 Å². The number of hydrogen-bond donors (Lipinski definition) is 1. The number of benzene rings is 1. The van der Waals surface area contributed by atoms with Crippen molar-refractivity contribution >= 4 is 28.6 Å². The molecule has 0 aliphatic carbocycles. The van der Waals surface area contributed by atoms with Crippen molar-refractivity contribution in [2.45, 2.75) is 6.92 Å². The monoisotopic (exact) mass is 302 g/mol. The van der Waals surface area contributed by atoms with Crippen LogP contribution in [-0.2, 0) is 0 Å². The lowest BCUT2D eigenvalue weighted by molar-refractivity contribution is 0.0741. The summed E-state index contributed by atoms with van der Waals surface area (Å²) < 4.78 is 0. The number of amides is 1. The summed E-state index contributed by atoms with van der Waals surface area (Å²) in [5.41, 5.74) is 8.40. The van der Waals surface area contributed by atoms with Crippen molar-refractivity contribution in [1.82, 2.24) is 9.88 Å². The normalized spacial score (nSPS) is 15.3. The molecular weight excluding hydrogens is 284 g/mol. The molecule has 110 valence electrons. The molecule has 1 aliphatic rings. The van der Waals surface area contributed by atoms with Crippen molar-refractivity contribution in [3.63, 3.8) is 0 Å². The SMILES string of the molecule is Cc1nc(C(=O)N2CCN(c3ccccc3N)CC2)cs1. The molecule has 0 bridgehead atoms. The van der Waals surface area contributed by atoms with Crippen molar-refractivity contribution in [2.75, 3.05) is 36.8 Å². The van der Waals surface area contributed by atoms with Gasteiger partial charge in [0.1, 0.15) is 5.69 Å². The number of hydrogen-bond acceptors (Lipinski definition) is 5. The minimum Gasteiger partial charge on any atom is -0.397 e. The van der Waals surface area contributed by atoms with E-state index in [1.165, 1.54) is 11.3 Å². The Balaban J connectivity index is 1.65. The van der Waals surface area contributed by atoms with Gasteiger partial charge in [0.15, 0.2) is 0 Å². The quantitative estimate of drug-likeness (QED) is 0.862. The Kier molecular flexibility index (Phi) is 3.79. The smallest absolute Gasteiger partial charge is 0.273 e. The Bertz CT molecular complexity index is 647. The third-order valence-electron chi connectivity index (χ3n) is 3.68. The van der Waals surface area contributed by atoms with Gasteiger partial charge in [0.25, 0.3) is 5.91 Å². The number of nitrogens with two attached hydrogens (primary N) is 1. The van der Waals surface area contributed by atoms with E-state index < -0.39 is 0 Å². The van der Waals surface area contributed by atoms with Gasteiger partial charge in [-0.3, -0.25) is 4.79 Å². The van der Waals surface area contributed by atoms with Gasteiger partial charge in [-0.05, 0) is 19.1 Å². The van der Waals surface area contributed by atoms with Crippen molar-refractivity contribution in [2.24, 2.45) is 0 Å². The maximum atomic E-state index is 12.4. The minimum atomic E-state index is 0.0278. The molecule has 0 saturated carbocycles. The number of piperazine rings is 1. The molecule has 2 N–H and O–H groups in total. The van der Waals surface area contributed by atoms with Crippen molar-refractivity contribution in [3.05, 3.63) is 40.3 Å². The molecular formula is C15H18N4OS. The first-order valence-corrected chi connectivity index (χ1v) is 7.84. The van der Waals surface area contributed by atoms with E-state index in [-0.39, 0.29) is 5.91 Å². The van der Waals surface area contributed by atoms with Crippen LogP contribution in [0.3, 0.4) is 0 Å². The Morgan fingerprint density at radius 2 is 1.95 bits per heavy atom. The van der Waals surface area contributed by atoms with Crippen LogP contribution in [0.15, 0.2) is 29.6 Å². The van der Waals surface area contributed by atoms with Crippen LogP contribution < -0.4 is 10.6 Å². The van der Waals surface area contributed by atoms with Gasteiger partial charge in [0.2, 0.25) is 0 Å². The second kappa shape index (κ2) is 5.73. The molecule has 5 nitrogen and oxygen atoms in total. The summed E-state index contributed by atoms with van der Waals surface area (Å²) in [6.07, 6.45) is 0. The average Bonchev–Trinajstić information content (AvgIpc) is 2.94. The highest BCUT2D eigenvalue weighted by atomic mass is 32.1. The van der Waals surface area contributed by atoms with Crippen LogP contribution in [0, 0.1) is 6.92 Å². The Morgan fingerprint density at radius 1 is 1.24 bits per heavy atom. The average molecular weight is 302 g/mol. The Hall–Kier alpha value is -2.08. The fourth-order valence-electron chi connectivity index (χ4n) is 2.55. The predicted molar refractivity (Wildman–Crippen MR) is 85.8 cm³/mol. The zero-order valence-corrected chi connectivity index (χ0v) is 12.8. The second-order valence-corrected chi connectivity index (χ2v) is 6.15. The highest BCUT2D eigenvalue weighted by Crippen LogP contribution is 2.24. The van der Waals surface area contributed by atoms with Crippen molar-refractivity contribution < 1.29 is 4.79 Å². The molecule has 1 amide bonds. The summed E-state index contributed by atoms with van der Waals surface area (Å²) >= 11 is 1.51. The molecule has 6 heteroatoms. The number of anilines is 2. The fourth-order valence-corrected chi connectivity index (χ4v) is 3.14. The topological polar surface area (TPSA) is 62.5 Å². The van der Waals surface area contributed by atoms with Crippen LogP contribution in [0.2, 0.25) is 0 Å². The molecule has 2 aromatic rings. The number of carbonyl (C=O) groups excluding carboxylic acids is 1. The molecule has 0 spiro atoms. The highest BCUT2D eigenvalue weighted by molar-refractivity contribution is 7.09. The van der Waals surface area contributed by atoms with E-state index in [2.05, 4.69) is 9.88 Å². The standard InChI is InChI=1S/C15H18N4OS/c1-11-17-13(10-21-11)15(20)19-8-6-18(7-9-19)14-5-3-2-4-12(14)16/h2-5,10H,6-9,16H2,1H3. The first-order chi connectivity index (χ1) is 10.1. The van der Waals surface area contributed by atoms with Gasteiger partial charge in [-0.25, -0.2) is 4.98 Å². The van der Waals surface area contributed by atoms with Crippen molar-refractivity contribution in [3.8, 4) is 0 Å². The zero-order chi connectivity index (χ0) is 14.8. The number of carbonyl (C=O) groups is 1. The third kappa shape index (κ3) is 2.85. The molecule has 1 aliphatic heterocycles. The van der Waals surface area contributed by atoms with Crippen LogP contribution in [-0.4, -0.2) is 42.0 Å². The molecule has 2 heterocycles. The van der Waals surface area contributed by atoms with Crippen LogP contribution in [0.1, 0.15) is 15.5 Å². The summed E-state index contributed by atoms with van der Waals surface area (Å²) in [5, 5.41) is 2.76. The highest BCUT2D eigenvalue weighted by Gasteiger charge is 2.24. The lowest BCUT2D eigenvalue weighted by Crippen LogP contribution is -2.49. The van der Waals surface area contributed by atoms with E-state index in [4.69, 9.17) is 5.73 Å². The summed E-state index contributed by atoms with van der Waals surface area (Å²) in [6.45, 7) is 4.90. The fraction of sp³-hybridized carbons (Fsp3) is 0.333. The van der Waals surface area contributed by atoms with Crippen LogP contribution in [0.5, 0.6) is 0 Å². The minimum absolute atomic E-state index is 0.0278. The van der Waals surface area contributed by atoms with E-state index in [9.17, 15) is 4.79 Å². The van der Waals surface area contributed by atoms with Gasteiger partial charge in [-0.2, -0.15) is 0 Å². The number of nitrogens with zero attached hydrogens (tertiary/aromatic N) is 3. The largest absolute Gasteiger partial charge is 0.397 e. The molecule has 3 rings (SSSR count). The zero-order valence-electron chi connectivity index (χ0n) is 12.0. The van der Waals surface area contributed by atoms with Gasteiger partial charge in [0.05, 0.1) is 16.4 Å². The Labute approximate surface area is 128 Å². The van der Waals surface area contributed by atoms with E-state index >= 15 is 0 Å². The van der Waals surface area contributed by atoms with Gasteiger partial charge >= 0.3 is 0 Å². The van der Waals surface area contributed by atoms with Gasteiger partial charge in [-0.1, -0.05) is 12.1 Å². The first kappa shape index (κ1) is 13.9. The van der Waals surface area contributed by atoms with E-state index in [1.54, 1.807) is 0 Å². The number of thiazole rings is 1. The second-order valence-electron chi connectivity index (χ2n) is 5.09. The molecule has 21 heavy (non-hydrogen) atoms. The molecule has 0 atom stereocenters. The molecule has 1 fully saturated rings. The number of para-hydroxylation sites is 2. The number of aryl methyl sites for hydroxylation is 1. The number of nitrogen functional groups attached to an aromatic ring is 1. The first-order valence-electron chi connectivity index (χ1n) is 6.96. The summed E-state index contributed by atoms with van der Waals surface area (Å²) in [4.78, 5) is 20.7. The molecule has 0 unspecified atom stereocenters. The van der Waals surface area contributed by atoms with Gasteiger partial charge in [-0.15, -0.1) is 11.3 Å². The van der Waals surface area contributed by atoms with Crippen LogP contribution in [0.25, 0.3) is 0 Å². The van der Waals surface area contributed by atoms with E-state index in [0.717, 1.165) is 29.5 Å². The lowest BCUT2D eigenvalue weighted by Gasteiger charge is -2.36. The summed E-state index contributed by atoms with van der Waals surface area (Å²) in [5.74, 6) is 0.0278. The van der Waals surface area contributed by atoms with Crippen LogP contribution >= 0.6 is 11.3 Å². The summed E-state index contributed by atoms with van der Waals surface area (Å²) in [7, 11) is 0. The summed E-state index contributed by atoms with van der Waals surface area (Å²) in [6, 6.07) is 7.85. The third-order valence-corrected chi connectivity index (χ3v) is 4.46. The Morgan fingerprint density at radius 3 is 2.57 bits per heavy atom. The van der Waals surface area contributed by atoms with E-state index in [1.807, 2.05) is 41.5 Å². The lowest BCUT2D eigenvalue weighted by atomic mass is 10.2. The number of rotatable bonds is 2. The van der Waals surface area contributed by atoms with Gasteiger partial charge < -0.3 is 15.5 Å². The number of aromatic nitrogens is 1. The molecule has 0 radical (unpaired) electrons. The molecule has 1 saturated heterocycles. The van der Waals surface area contributed by atoms with Gasteiger partial charge in [0, 0.05) is 31.6 Å².